The lowest BCUT2D eigenvalue weighted by Crippen LogP contribution is -2.16. The Morgan fingerprint density at radius 1 is 1.14 bits per heavy atom. The van der Waals surface area contributed by atoms with Crippen molar-refractivity contribution in [2.45, 2.75) is 0 Å². The lowest BCUT2D eigenvalue weighted by Gasteiger charge is -2.17. The molecule has 0 amide bonds. The summed E-state index contributed by atoms with van der Waals surface area (Å²) in [5.41, 5.74) is 0. The Morgan fingerprint density at radius 3 is 2.00 bits per heavy atom. The highest BCUT2D eigenvalue weighted by molar-refractivity contribution is 5.53. The van der Waals surface area contributed by atoms with Crippen LogP contribution in [-0.4, -0.2) is 45.1 Å². The van der Waals surface area contributed by atoms with Crippen molar-refractivity contribution < 1.29 is 4.11 Å². The van der Waals surface area contributed by atoms with E-state index in [1.54, 1.807) is 15.9 Å². The molecule has 5 heteroatoms. The molecular formula is C9H17N5. The molecule has 0 aliphatic carbocycles. The molecular weight excluding hydrogens is 178 g/mol. The summed E-state index contributed by atoms with van der Waals surface area (Å²) in [4.78, 5) is 11.8. The standard InChI is InChI=1S/C9H17N5/c1-10-9-11-7(13(2)3)6-8(12-9)14(4)5/h6H,1-5H3,(H,10,11,12)/i1D3. The summed E-state index contributed by atoms with van der Waals surface area (Å²) < 4.78 is 21.4. The molecule has 0 saturated heterocycles. The lowest BCUT2D eigenvalue weighted by molar-refractivity contribution is 0.998. The summed E-state index contributed by atoms with van der Waals surface area (Å²) >= 11 is 0. The van der Waals surface area contributed by atoms with Crippen molar-refractivity contribution in [3.63, 3.8) is 0 Å². The van der Waals surface area contributed by atoms with E-state index in [4.69, 9.17) is 4.11 Å². The van der Waals surface area contributed by atoms with Gasteiger partial charge in [0.25, 0.3) is 0 Å². The Kier molecular flexibility index (Phi) is 2.02. The second-order valence-electron chi connectivity index (χ2n) is 3.32. The fraction of sp³-hybridized carbons (Fsp3) is 0.556. The van der Waals surface area contributed by atoms with Gasteiger partial charge in [-0.25, -0.2) is 0 Å². The third kappa shape index (κ3) is 2.25. The average molecular weight is 198 g/mol. The Hall–Kier alpha value is -1.52. The first-order valence-electron chi connectivity index (χ1n) is 5.71. The summed E-state index contributed by atoms with van der Waals surface area (Å²) in [6.45, 7) is -2.30. The molecule has 0 aliphatic heterocycles. The molecule has 0 bridgehead atoms. The van der Waals surface area contributed by atoms with Gasteiger partial charge < -0.3 is 15.1 Å². The van der Waals surface area contributed by atoms with Gasteiger partial charge in [0, 0.05) is 45.3 Å². The maximum absolute atomic E-state index is 7.14. The molecule has 1 aromatic heterocycles. The number of nitrogens with zero attached hydrogens (tertiary/aromatic N) is 4. The largest absolute Gasteiger partial charge is 0.363 e. The highest BCUT2D eigenvalue weighted by atomic mass is 15.2. The van der Waals surface area contributed by atoms with E-state index in [0.29, 0.717) is 11.6 Å². The molecule has 0 aromatic carbocycles. The fourth-order valence-corrected chi connectivity index (χ4v) is 0.936. The quantitative estimate of drug-likeness (QED) is 0.772. The minimum Gasteiger partial charge on any atom is -0.363 e. The Labute approximate surface area is 89.0 Å². The van der Waals surface area contributed by atoms with E-state index < -0.39 is 6.98 Å². The smallest absolute Gasteiger partial charge is 0.226 e. The van der Waals surface area contributed by atoms with Crippen molar-refractivity contribution in [3.05, 3.63) is 6.07 Å². The number of hydrogen-bond acceptors (Lipinski definition) is 5. The zero-order chi connectivity index (χ0) is 13.2. The topological polar surface area (TPSA) is 44.3 Å². The van der Waals surface area contributed by atoms with Gasteiger partial charge in [0.2, 0.25) is 5.95 Å². The third-order valence-corrected chi connectivity index (χ3v) is 1.73. The van der Waals surface area contributed by atoms with Gasteiger partial charge in [-0.3, -0.25) is 0 Å². The summed E-state index contributed by atoms with van der Waals surface area (Å²) in [7, 11) is 7.34. The van der Waals surface area contributed by atoms with Crippen LogP contribution in [0.4, 0.5) is 17.6 Å². The van der Waals surface area contributed by atoms with E-state index in [-0.39, 0.29) is 5.95 Å². The summed E-state index contributed by atoms with van der Waals surface area (Å²) in [6.07, 6.45) is 0. The van der Waals surface area contributed by atoms with Crippen molar-refractivity contribution in [2.75, 3.05) is 50.3 Å². The van der Waals surface area contributed by atoms with Crippen molar-refractivity contribution in [1.29, 1.82) is 0 Å². The first-order valence-corrected chi connectivity index (χ1v) is 4.21. The minimum atomic E-state index is -2.30. The molecule has 0 unspecified atom stereocenters. The van der Waals surface area contributed by atoms with E-state index in [1.807, 2.05) is 28.2 Å². The van der Waals surface area contributed by atoms with Crippen molar-refractivity contribution in [1.82, 2.24) is 9.97 Å². The van der Waals surface area contributed by atoms with Crippen LogP contribution in [0, 0.1) is 0 Å². The molecule has 0 radical (unpaired) electrons. The highest BCUT2D eigenvalue weighted by Crippen LogP contribution is 2.17. The number of nitrogens with one attached hydrogen (secondary N) is 1. The van der Waals surface area contributed by atoms with Crippen LogP contribution in [0.3, 0.4) is 0 Å². The van der Waals surface area contributed by atoms with Gasteiger partial charge in [-0.15, -0.1) is 0 Å². The first-order chi connectivity index (χ1) is 7.69. The van der Waals surface area contributed by atoms with Crippen LogP contribution in [0.25, 0.3) is 0 Å². The van der Waals surface area contributed by atoms with Crippen LogP contribution in [0.5, 0.6) is 0 Å². The van der Waals surface area contributed by atoms with Gasteiger partial charge in [0.05, 0.1) is 0 Å². The van der Waals surface area contributed by atoms with Gasteiger partial charge in [-0.1, -0.05) is 0 Å². The third-order valence-electron chi connectivity index (χ3n) is 1.73. The van der Waals surface area contributed by atoms with Crippen LogP contribution < -0.4 is 15.1 Å². The minimum absolute atomic E-state index is 0.0971. The summed E-state index contributed by atoms with van der Waals surface area (Å²) in [5, 5.41) is 2.30. The van der Waals surface area contributed by atoms with Crippen LogP contribution in [-0.2, 0) is 0 Å². The van der Waals surface area contributed by atoms with Crippen molar-refractivity contribution in [3.8, 4) is 0 Å². The lowest BCUT2D eigenvalue weighted by atomic mass is 10.4. The van der Waals surface area contributed by atoms with E-state index in [0.717, 1.165) is 0 Å². The van der Waals surface area contributed by atoms with Crippen molar-refractivity contribution in [2.24, 2.45) is 0 Å². The van der Waals surface area contributed by atoms with Gasteiger partial charge in [-0.2, -0.15) is 9.97 Å². The average Bonchev–Trinajstić information content (AvgIpc) is 2.14. The molecule has 1 aromatic rings. The second kappa shape index (κ2) is 4.13. The van der Waals surface area contributed by atoms with Gasteiger partial charge in [0.15, 0.2) is 0 Å². The Bertz CT molecular complexity index is 362. The number of aromatic nitrogens is 2. The molecule has 1 heterocycles. The van der Waals surface area contributed by atoms with Crippen molar-refractivity contribution >= 4 is 17.6 Å². The van der Waals surface area contributed by atoms with Gasteiger partial charge in [0.1, 0.15) is 11.6 Å². The molecule has 0 spiro atoms. The monoisotopic (exact) mass is 198 g/mol. The molecule has 0 atom stereocenters. The molecule has 5 nitrogen and oxygen atoms in total. The van der Waals surface area contributed by atoms with E-state index in [9.17, 15) is 0 Å². The zero-order valence-electron chi connectivity index (χ0n) is 11.9. The first kappa shape index (κ1) is 6.86. The summed E-state index contributed by atoms with van der Waals surface area (Å²) in [5.74, 6) is 1.39. The maximum Gasteiger partial charge on any atom is 0.226 e. The zero-order valence-corrected chi connectivity index (χ0v) is 8.87. The summed E-state index contributed by atoms with van der Waals surface area (Å²) in [6, 6.07) is 1.78. The molecule has 78 valence electrons. The molecule has 1 N–H and O–H groups in total. The van der Waals surface area contributed by atoms with E-state index in [2.05, 4.69) is 15.3 Å². The Balaban J connectivity index is 3.13. The normalized spacial score (nSPS) is 13.9. The molecule has 14 heavy (non-hydrogen) atoms. The van der Waals surface area contributed by atoms with Crippen LogP contribution in [0.1, 0.15) is 4.11 Å². The SMILES string of the molecule is [2H]C([2H])([2H])Nc1nc(N(C)C)cc(N(C)C)n1. The maximum atomic E-state index is 7.14. The number of rotatable bonds is 3. The molecule has 0 saturated carbocycles. The van der Waals surface area contributed by atoms with Gasteiger partial charge in [-0.05, 0) is 0 Å². The van der Waals surface area contributed by atoms with E-state index in [1.165, 1.54) is 0 Å². The number of hydrogen-bond donors (Lipinski definition) is 1. The van der Waals surface area contributed by atoms with Crippen LogP contribution in [0.15, 0.2) is 6.07 Å². The molecule has 0 aliphatic rings. The highest BCUT2D eigenvalue weighted by Gasteiger charge is 2.05. The molecule has 1 rings (SSSR count). The fourth-order valence-electron chi connectivity index (χ4n) is 0.936. The van der Waals surface area contributed by atoms with E-state index >= 15 is 0 Å². The second-order valence-corrected chi connectivity index (χ2v) is 3.32. The van der Waals surface area contributed by atoms with Crippen LogP contribution in [0.2, 0.25) is 0 Å². The molecule has 0 fully saturated rings. The Morgan fingerprint density at radius 2 is 1.64 bits per heavy atom. The predicted molar refractivity (Wildman–Crippen MR) is 60.2 cm³/mol. The van der Waals surface area contributed by atoms with Crippen LogP contribution >= 0.6 is 0 Å². The number of anilines is 3. The predicted octanol–water partition coefficient (Wildman–Crippen LogP) is 0.650. The van der Waals surface area contributed by atoms with Gasteiger partial charge >= 0.3 is 0 Å².